The first-order valence-electron chi connectivity index (χ1n) is 8.82. The lowest BCUT2D eigenvalue weighted by Crippen LogP contribution is -2.46. The molecule has 0 bridgehead atoms. The van der Waals surface area contributed by atoms with Gasteiger partial charge in [0.05, 0.1) is 0 Å². The van der Waals surface area contributed by atoms with Crippen molar-refractivity contribution in [2.75, 3.05) is 5.32 Å². The van der Waals surface area contributed by atoms with Crippen LogP contribution in [0.4, 0.5) is 14.9 Å². The van der Waals surface area contributed by atoms with Crippen LogP contribution in [0.2, 0.25) is 0 Å². The fourth-order valence-corrected chi connectivity index (χ4v) is 2.54. The maximum Gasteiger partial charge on any atom is 0.312 e. The van der Waals surface area contributed by atoms with Crippen LogP contribution in [0, 0.1) is 5.82 Å². The van der Waals surface area contributed by atoms with Gasteiger partial charge in [-0.15, -0.1) is 0 Å². The largest absolute Gasteiger partial charge is 0.489 e. The van der Waals surface area contributed by atoms with Crippen LogP contribution in [0.15, 0.2) is 48.5 Å². The number of nitrogens with one attached hydrogen (secondary N) is 2. The van der Waals surface area contributed by atoms with Crippen molar-refractivity contribution < 1.29 is 18.7 Å². The van der Waals surface area contributed by atoms with E-state index in [-0.39, 0.29) is 18.3 Å². The highest BCUT2D eigenvalue weighted by Gasteiger charge is 2.19. The molecular weight excluding hydrogens is 349 g/mol. The Morgan fingerprint density at radius 1 is 1.19 bits per heavy atom. The molecule has 6 nitrogen and oxygen atoms in total. The van der Waals surface area contributed by atoms with E-state index in [1.165, 1.54) is 12.1 Å². The molecular formula is C20H24FN3O3. The molecule has 144 valence electrons. The number of unbranched alkanes of at least 4 members (excludes halogenated alkanes) is 1. The number of urea groups is 1. The lowest BCUT2D eigenvalue weighted by Gasteiger charge is -2.17. The molecule has 0 saturated heterocycles. The molecule has 2 aromatic rings. The first-order chi connectivity index (χ1) is 13.0. The molecule has 27 heavy (non-hydrogen) atoms. The fourth-order valence-electron chi connectivity index (χ4n) is 2.54. The number of rotatable bonds is 9. The van der Waals surface area contributed by atoms with Gasteiger partial charge in [-0.25, -0.2) is 9.18 Å². The minimum Gasteiger partial charge on any atom is -0.489 e. The zero-order valence-corrected chi connectivity index (χ0v) is 15.2. The second-order valence-electron chi connectivity index (χ2n) is 6.14. The topological polar surface area (TPSA) is 93.5 Å². The summed E-state index contributed by atoms with van der Waals surface area (Å²) in [5, 5.41) is 5.25. The number of primary amides is 1. The summed E-state index contributed by atoms with van der Waals surface area (Å²) in [7, 11) is 0. The van der Waals surface area contributed by atoms with Crippen LogP contribution in [0.25, 0.3) is 0 Å². The Bertz CT molecular complexity index is 783. The van der Waals surface area contributed by atoms with Crippen molar-refractivity contribution in [2.45, 2.75) is 38.8 Å². The number of benzene rings is 2. The Balaban J connectivity index is 1.98. The number of halogens is 1. The minimum absolute atomic E-state index is 0.228. The average Bonchev–Trinajstić information content (AvgIpc) is 2.63. The molecule has 0 aliphatic heterocycles. The maximum absolute atomic E-state index is 13.2. The van der Waals surface area contributed by atoms with Gasteiger partial charge < -0.3 is 21.1 Å². The van der Waals surface area contributed by atoms with Crippen molar-refractivity contribution in [3.8, 4) is 5.75 Å². The lowest BCUT2D eigenvalue weighted by atomic mass is 10.1. The van der Waals surface area contributed by atoms with Gasteiger partial charge in [-0.1, -0.05) is 38.0 Å². The van der Waals surface area contributed by atoms with Gasteiger partial charge in [0.1, 0.15) is 24.2 Å². The summed E-state index contributed by atoms with van der Waals surface area (Å²) in [6, 6.07) is 11.6. The molecule has 0 fully saturated rings. The first-order valence-corrected chi connectivity index (χ1v) is 8.82. The lowest BCUT2D eigenvalue weighted by molar-refractivity contribution is -0.118. The molecule has 0 heterocycles. The predicted octanol–water partition coefficient (Wildman–Crippen LogP) is 3.57. The van der Waals surface area contributed by atoms with Crippen molar-refractivity contribution in [1.82, 2.24) is 5.32 Å². The fraction of sp³-hybridized carbons (Fsp3) is 0.300. The van der Waals surface area contributed by atoms with E-state index in [9.17, 15) is 14.0 Å². The van der Waals surface area contributed by atoms with Gasteiger partial charge in [0.2, 0.25) is 5.91 Å². The molecule has 0 spiro atoms. The molecule has 1 unspecified atom stereocenters. The Kier molecular flexibility index (Phi) is 7.61. The van der Waals surface area contributed by atoms with E-state index in [4.69, 9.17) is 10.5 Å². The monoisotopic (exact) mass is 373 g/mol. The maximum atomic E-state index is 13.2. The summed E-state index contributed by atoms with van der Waals surface area (Å²) in [6.07, 6.45) is 2.20. The zero-order valence-electron chi connectivity index (χ0n) is 15.2. The van der Waals surface area contributed by atoms with Crippen LogP contribution in [-0.2, 0) is 11.4 Å². The van der Waals surface area contributed by atoms with Crippen LogP contribution in [0.3, 0.4) is 0 Å². The second-order valence-corrected chi connectivity index (χ2v) is 6.14. The third kappa shape index (κ3) is 6.97. The zero-order chi connectivity index (χ0) is 19.6. The molecule has 4 N–H and O–H groups in total. The van der Waals surface area contributed by atoms with Gasteiger partial charge in [-0.05, 0) is 36.2 Å². The summed E-state index contributed by atoms with van der Waals surface area (Å²) in [5.41, 5.74) is 6.54. The van der Waals surface area contributed by atoms with Gasteiger partial charge in [-0.3, -0.25) is 4.79 Å². The van der Waals surface area contributed by atoms with Gasteiger partial charge in [0.25, 0.3) is 0 Å². The van der Waals surface area contributed by atoms with Crippen molar-refractivity contribution >= 4 is 17.6 Å². The SMILES string of the molecule is CCCCC(NC(N)=O)C(=O)Nc1cccc(COc2cccc(F)c2)c1. The summed E-state index contributed by atoms with van der Waals surface area (Å²) in [5.74, 6) is -0.270. The highest BCUT2D eigenvalue weighted by molar-refractivity contribution is 5.96. The Morgan fingerprint density at radius 2 is 1.96 bits per heavy atom. The van der Waals surface area contributed by atoms with Crippen molar-refractivity contribution in [1.29, 1.82) is 0 Å². The molecule has 3 amide bonds. The molecule has 0 radical (unpaired) electrons. The van der Waals surface area contributed by atoms with E-state index in [0.29, 0.717) is 17.9 Å². The standard InChI is InChI=1S/C20H24FN3O3/c1-2-3-10-18(24-20(22)26)19(25)23-16-8-4-6-14(11-16)13-27-17-9-5-7-15(21)12-17/h4-9,11-12,18H,2-3,10,13H2,1H3,(H,23,25)(H3,22,24,26). The molecule has 2 rings (SSSR count). The quantitative estimate of drug-likeness (QED) is 0.627. The van der Waals surface area contributed by atoms with E-state index in [2.05, 4.69) is 10.6 Å². The molecule has 0 aromatic heterocycles. The van der Waals surface area contributed by atoms with E-state index in [0.717, 1.165) is 18.4 Å². The third-order valence-corrected chi connectivity index (χ3v) is 3.88. The summed E-state index contributed by atoms with van der Waals surface area (Å²) in [4.78, 5) is 23.5. The third-order valence-electron chi connectivity index (χ3n) is 3.88. The average molecular weight is 373 g/mol. The Hall–Kier alpha value is -3.09. The van der Waals surface area contributed by atoms with Crippen LogP contribution in [0.5, 0.6) is 5.75 Å². The van der Waals surface area contributed by atoms with Gasteiger partial charge in [0, 0.05) is 11.8 Å². The number of hydrogen-bond acceptors (Lipinski definition) is 3. The van der Waals surface area contributed by atoms with Gasteiger partial charge in [-0.2, -0.15) is 0 Å². The molecule has 0 aliphatic rings. The van der Waals surface area contributed by atoms with E-state index in [1.54, 1.807) is 30.3 Å². The molecule has 0 saturated carbocycles. The van der Waals surface area contributed by atoms with Crippen molar-refractivity contribution in [3.05, 3.63) is 59.9 Å². The highest BCUT2D eigenvalue weighted by Crippen LogP contribution is 2.17. The van der Waals surface area contributed by atoms with E-state index < -0.39 is 12.1 Å². The molecule has 7 heteroatoms. The Labute approximate surface area is 157 Å². The van der Waals surface area contributed by atoms with E-state index >= 15 is 0 Å². The number of nitrogens with two attached hydrogens (primary N) is 1. The minimum atomic E-state index is -0.733. The first kappa shape index (κ1) is 20.2. The van der Waals surface area contributed by atoms with E-state index in [1.807, 2.05) is 13.0 Å². The van der Waals surface area contributed by atoms with Crippen molar-refractivity contribution in [2.24, 2.45) is 5.73 Å². The van der Waals surface area contributed by atoms with Crippen molar-refractivity contribution in [3.63, 3.8) is 0 Å². The molecule has 0 aliphatic carbocycles. The number of ether oxygens (including phenoxy) is 1. The summed E-state index contributed by atoms with van der Waals surface area (Å²) < 4.78 is 18.7. The van der Waals surface area contributed by atoms with Crippen LogP contribution in [0.1, 0.15) is 31.7 Å². The van der Waals surface area contributed by atoms with Gasteiger partial charge in [0.15, 0.2) is 0 Å². The normalized spacial score (nSPS) is 11.5. The number of carbonyl (C=O) groups is 2. The predicted molar refractivity (Wildman–Crippen MR) is 102 cm³/mol. The van der Waals surface area contributed by atoms with Crippen LogP contribution < -0.4 is 21.1 Å². The van der Waals surface area contributed by atoms with Gasteiger partial charge >= 0.3 is 6.03 Å². The Morgan fingerprint density at radius 3 is 2.67 bits per heavy atom. The summed E-state index contributed by atoms with van der Waals surface area (Å²) >= 11 is 0. The summed E-state index contributed by atoms with van der Waals surface area (Å²) in [6.45, 7) is 2.23. The number of amides is 3. The van der Waals surface area contributed by atoms with Crippen LogP contribution in [-0.4, -0.2) is 18.0 Å². The second kappa shape index (κ2) is 10.2. The molecule has 2 aromatic carbocycles. The smallest absolute Gasteiger partial charge is 0.312 e. The highest BCUT2D eigenvalue weighted by atomic mass is 19.1. The molecule has 1 atom stereocenters. The number of hydrogen-bond donors (Lipinski definition) is 3. The number of anilines is 1. The number of carbonyl (C=O) groups excluding carboxylic acids is 2. The van der Waals surface area contributed by atoms with Crippen LogP contribution >= 0.6 is 0 Å².